The molecule has 0 saturated heterocycles. The number of hydrogen-bond donors (Lipinski definition) is 1. The maximum atomic E-state index is 12.9. The SMILES string of the molecule is C=C(N[C@@H](C)c1cnc(-c2ccccc2)s1)c1cc(C(F)(F)F)cn1C. The second kappa shape index (κ2) is 6.99. The van der Waals surface area contributed by atoms with Crippen LogP contribution in [0.2, 0.25) is 0 Å². The average molecular weight is 377 g/mol. The summed E-state index contributed by atoms with van der Waals surface area (Å²) in [6.07, 6.45) is -1.53. The predicted octanol–water partition coefficient (Wildman–Crippen LogP) is 5.49. The third-order valence-corrected chi connectivity index (χ3v) is 5.23. The van der Waals surface area contributed by atoms with Crippen molar-refractivity contribution in [3.63, 3.8) is 0 Å². The lowest BCUT2D eigenvalue weighted by atomic mass is 10.2. The molecule has 3 aromatic rings. The van der Waals surface area contributed by atoms with E-state index >= 15 is 0 Å². The van der Waals surface area contributed by atoms with Gasteiger partial charge in [-0.2, -0.15) is 13.2 Å². The summed E-state index contributed by atoms with van der Waals surface area (Å²) < 4.78 is 40.0. The Labute approximate surface area is 153 Å². The zero-order valence-electron chi connectivity index (χ0n) is 14.3. The molecule has 3 rings (SSSR count). The molecule has 0 amide bonds. The number of alkyl halides is 3. The molecule has 0 unspecified atom stereocenters. The van der Waals surface area contributed by atoms with Crippen LogP contribution in [-0.2, 0) is 13.2 Å². The van der Waals surface area contributed by atoms with Crippen LogP contribution in [0, 0.1) is 0 Å². The molecule has 1 atom stereocenters. The summed E-state index contributed by atoms with van der Waals surface area (Å²) in [4.78, 5) is 5.42. The van der Waals surface area contributed by atoms with Crippen LogP contribution >= 0.6 is 11.3 Å². The van der Waals surface area contributed by atoms with E-state index in [9.17, 15) is 13.2 Å². The molecule has 7 heteroatoms. The molecular formula is C19H18F3N3S. The zero-order chi connectivity index (χ0) is 18.9. The van der Waals surface area contributed by atoms with Gasteiger partial charge in [0.25, 0.3) is 0 Å². The molecule has 2 heterocycles. The number of halogens is 3. The van der Waals surface area contributed by atoms with Gasteiger partial charge in [0.1, 0.15) is 5.01 Å². The Bertz CT molecular complexity index is 910. The van der Waals surface area contributed by atoms with E-state index < -0.39 is 11.7 Å². The standard InChI is InChI=1S/C19H18F3N3S/c1-12(16-9-15(11-25(16)3)19(20,21)22)24-13(2)17-10-23-18(26-17)14-7-5-4-6-8-14/h4-11,13,24H,1H2,2-3H3/t13-/m0/s1. The van der Waals surface area contributed by atoms with E-state index in [-0.39, 0.29) is 6.04 Å². The summed E-state index contributed by atoms with van der Waals surface area (Å²) in [6.45, 7) is 5.83. The molecule has 0 fully saturated rings. The predicted molar refractivity (Wildman–Crippen MR) is 98.5 cm³/mol. The molecule has 0 aliphatic carbocycles. The molecule has 0 spiro atoms. The molecule has 2 aromatic heterocycles. The molecule has 1 aromatic carbocycles. The Morgan fingerprint density at radius 2 is 1.96 bits per heavy atom. The summed E-state index contributed by atoms with van der Waals surface area (Å²) in [6, 6.07) is 10.8. The van der Waals surface area contributed by atoms with Crippen molar-refractivity contribution in [2.24, 2.45) is 7.05 Å². The largest absolute Gasteiger partial charge is 0.417 e. The number of nitrogens with one attached hydrogen (secondary N) is 1. The molecule has 26 heavy (non-hydrogen) atoms. The lowest BCUT2D eigenvalue weighted by Gasteiger charge is -2.16. The first-order valence-corrected chi connectivity index (χ1v) is 8.78. The average Bonchev–Trinajstić information content (AvgIpc) is 3.22. The first-order valence-electron chi connectivity index (χ1n) is 7.96. The van der Waals surface area contributed by atoms with E-state index in [1.54, 1.807) is 24.6 Å². The first kappa shape index (κ1) is 18.3. The molecule has 0 aliphatic heterocycles. The summed E-state index contributed by atoms with van der Waals surface area (Å²) in [5.74, 6) is 0. The molecule has 1 N–H and O–H groups in total. The number of thiazole rings is 1. The number of aryl methyl sites for hydroxylation is 1. The van der Waals surface area contributed by atoms with Crippen LogP contribution in [0.3, 0.4) is 0 Å². The Balaban J connectivity index is 1.74. The molecule has 136 valence electrons. The van der Waals surface area contributed by atoms with Gasteiger partial charge in [-0.1, -0.05) is 36.9 Å². The van der Waals surface area contributed by atoms with Gasteiger partial charge in [-0.15, -0.1) is 11.3 Å². The van der Waals surface area contributed by atoms with Crippen molar-refractivity contribution < 1.29 is 13.2 Å². The van der Waals surface area contributed by atoms with Gasteiger partial charge in [-0.05, 0) is 13.0 Å². The van der Waals surface area contributed by atoms with Gasteiger partial charge >= 0.3 is 6.18 Å². The van der Waals surface area contributed by atoms with Crippen molar-refractivity contribution in [2.75, 3.05) is 0 Å². The quantitative estimate of drug-likeness (QED) is 0.637. The first-order chi connectivity index (χ1) is 12.3. The van der Waals surface area contributed by atoms with Gasteiger partial charge in [0.15, 0.2) is 0 Å². The monoisotopic (exact) mass is 377 g/mol. The van der Waals surface area contributed by atoms with Crippen LogP contribution in [0.5, 0.6) is 0 Å². The fraction of sp³-hybridized carbons (Fsp3) is 0.211. The topological polar surface area (TPSA) is 29.9 Å². The minimum atomic E-state index is -4.37. The second-order valence-corrected chi connectivity index (χ2v) is 7.06. The third kappa shape index (κ3) is 3.83. The summed E-state index contributed by atoms with van der Waals surface area (Å²) >= 11 is 1.54. The van der Waals surface area contributed by atoms with Gasteiger partial charge in [0.2, 0.25) is 0 Å². The fourth-order valence-corrected chi connectivity index (χ4v) is 3.55. The van der Waals surface area contributed by atoms with Crippen LogP contribution in [-0.4, -0.2) is 9.55 Å². The molecular weight excluding hydrogens is 359 g/mol. The Kier molecular flexibility index (Phi) is 4.91. The summed E-state index contributed by atoms with van der Waals surface area (Å²) in [5, 5.41) is 4.07. The fourth-order valence-electron chi connectivity index (χ4n) is 2.63. The number of aromatic nitrogens is 2. The molecule has 0 radical (unpaired) electrons. The normalized spacial score (nSPS) is 12.8. The highest BCUT2D eigenvalue weighted by Crippen LogP contribution is 2.33. The highest BCUT2D eigenvalue weighted by atomic mass is 32.1. The van der Waals surface area contributed by atoms with E-state index in [0.29, 0.717) is 11.4 Å². The van der Waals surface area contributed by atoms with E-state index in [0.717, 1.165) is 27.7 Å². The van der Waals surface area contributed by atoms with Crippen LogP contribution in [0.4, 0.5) is 13.2 Å². The second-order valence-electron chi connectivity index (χ2n) is 6.00. The maximum Gasteiger partial charge on any atom is 0.417 e. The van der Waals surface area contributed by atoms with Crippen LogP contribution in [0.15, 0.2) is 55.4 Å². The van der Waals surface area contributed by atoms with Crippen molar-refractivity contribution in [2.45, 2.75) is 19.1 Å². The Hall–Kier alpha value is -2.54. The van der Waals surface area contributed by atoms with Gasteiger partial charge < -0.3 is 9.88 Å². The lowest BCUT2D eigenvalue weighted by Crippen LogP contribution is -2.17. The van der Waals surface area contributed by atoms with Crippen molar-refractivity contribution >= 4 is 17.0 Å². The Morgan fingerprint density at radius 1 is 1.27 bits per heavy atom. The molecule has 0 bridgehead atoms. The van der Waals surface area contributed by atoms with Crippen molar-refractivity contribution in [3.8, 4) is 10.6 Å². The highest BCUT2D eigenvalue weighted by Gasteiger charge is 2.32. The minimum Gasteiger partial charge on any atom is -0.376 e. The Morgan fingerprint density at radius 3 is 2.58 bits per heavy atom. The minimum absolute atomic E-state index is 0.123. The summed E-state index contributed by atoms with van der Waals surface area (Å²) in [7, 11) is 1.57. The highest BCUT2D eigenvalue weighted by molar-refractivity contribution is 7.15. The van der Waals surface area contributed by atoms with Crippen LogP contribution in [0.25, 0.3) is 16.3 Å². The van der Waals surface area contributed by atoms with Gasteiger partial charge in [0, 0.05) is 29.9 Å². The van der Waals surface area contributed by atoms with Crippen molar-refractivity contribution in [1.82, 2.24) is 14.9 Å². The number of rotatable bonds is 5. The molecule has 3 nitrogen and oxygen atoms in total. The number of hydrogen-bond acceptors (Lipinski definition) is 3. The van der Waals surface area contributed by atoms with E-state index in [1.165, 1.54) is 4.57 Å². The number of nitrogens with zero attached hydrogens (tertiary/aromatic N) is 2. The summed E-state index contributed by atoms with van der Waals surface area (Å²) in [5.41, 5.74) is 1.18. The van der Waals surface area contributed by atoms with Gasteiger partial charge in [-0.3, -0.25) is 0 Å². The number of benzene rings is 1. The molecule has 0 aliphatic rings. The van der Waals surface area contributed by atoms with Gasteiger partial charge in [0.05, 0.1) is 23.0 Å². The van der Waals surface area contributed by atoms with Crippen LogP contribution in [0.1, 0.15) is 29.1 Å². The van der Waals surface area contributed by atoms with Gasteiger partial charge in [-0.25, -0.2) is 4.98 Å². The van der Waals surface area contributed by atoms with Crippen LogP contribution < -0.4 is 5.32 Å². The molecule has 0 saturated carbocycles. The maximum absolute atomic E-state index is 12.9. The third-order valence-electron chi connectivity index (χ3n) is 4.00. The van der Waals surface area contributed by atoms with E-state index in [1.807, 2.05) is 37.3 Å². The van der Waals surface area contributed by atoms with E-state index in [2.05, 4.69) is 16.9 Å². The van der Waals surface area contributed by atoms with Crippen molar-refractivity contribution in [1.29, 1.82) is 0 Å². The zero-order valence-corrected chi connectivity index (χ0v) is 15.2. The lowest BCUT2D eigenvalue weighted by molar-refractivity contribution is -0.137. The van der Waals surface area contributed by atoms with Crippen molar-refractivity contribution in [3.05, 3.63) is 71.5 Å². The smallest absolute Gasteiger partial charge is 0.376 e. The van der Waals surface area contributed by atoms with E-state index in [4.69, 9.17) is 0 Å².